The van der Waals surface area contributed by atoms with Gasteiger partial charge in [-0.15, -0.1) is 0 Å². The first-order valence-electron chi connectivity index (χ1n) is 7.70. The molecular formula is C15H25N3O. The minimum atomic E-state index is -0.176. The normalized spacial score (nSPS) is 31.8. The van der Waals surface area contributed by atoms with Gasteiger partial charge < -0.3 is 10.4 Å². The van der Waals surface area contributed by atoms with Gasteiger partial charge in [-0.2, -0.15) is 5.10 Å². The second-order valence-corrected chi connectivity index (χ2v) is 6.09. The van der Waals surface area contributed by atoms with Gasteiger partial charge in [0.15, 0.2) is 0 Å². The molecule has 4 heteroatoms. The van der Waals surface area contributed by atoms with Crippen LogP contribution in [0.3, 0.4) is 0 Å². The summed E-state index contributed by atoms with van der Waals surface area (Å²) in [5, 5.41) is 18.4. The average Bonchev–Trinajstić information content (AvgIpc) is 2.67. The predicted octanol–water partition coefficient (Wildman–Crippen LogP) is 2.08. The van der Waals surface area contributed by atoms with Crippen molar-refractivity contribution in [1.29, 1.82) is 0 Å². The van der Waals surface area contributed by atoms with Crippen LogP contribution < -0.4 is 5.32 Å². The van der Waals surface area contributed by atoms with E-state index in [4.69, 9.17) is 0 Å². The van der Waals surface area contributed by atoms with E-state index in [2.05, 4.69) is 10.4 Å². The summed E-state index contributed by atoms with van der Waals surface area (Å²) in [6.45, 7) is 0. The molecule has 1 saturated carbocycles. The zero-order valence-electron chi connectivity index (χ0n) is 11.8. The molecule has 1 heterocycles. The number of rotatable bonds is 2. The Morgan fingerprint density at radius 2 is 2.05 bits per heavy atom. The van der Waals surface area contributed by atoms with E-state index in [0.717, 1.165) is 19.3 Å². The van der Waals surface area contributed by atoms with Crippen molar-refractivity contribution in [3.05, 3.63) is 17.5 Å². The van der Waals surface area contributed by atoms with Crippen LogP contribution in [-0.2, 0) is 13.5 Å². The number of hydrogen-bond acceptors (Lipinski definition) is 3. The molecule has 0 amide bonds. The van der Waals surface area contributed by atoms with Crippen molar-refractivity contribution < 1.29 is 5.11 Å². The van der Waals surface area contributed by atoms with E-state index < -0.39 is 0 Å². The molecule has 1 fully saturated rings. The van der Waals surface area contributed by atoms with Crippen LogP contribution in [0.5, 0.6) is 0 Å². The second-order valence-electron chi connectivity index (χ2n) is 6.09. The highest BCUT2D eigenvalue weighted by atomic mass is 16.3. The summed E-state index contributed by atoms with van der Waals surface area (Å²) >= 11 is 0. The monoisotopic (exact) mass is 263 g/mol. The van der Waals surface area contributed by atoms with Crippen LogP contribution in [0.15, 0.2) is 6.20 Å². The van der Waals surface area contributed by atoms with Crippen molar-refractivity contribution in [1.82, 2.24) is 15.1 Å². The summed E-state index contributed by atoms with van der Waals surface area (Å²) in [6.07, 6.45) is 11.1. The van der Waals surface area contributed by atoms with Crippen molar-refractivity contribution in [2.75, 3.05) is 0 Å². The van der Waals surface area contributed by atoms with E-state index in [0.29, 0.717) is 6.04 Å². The Bertz CT molecular complexity index is 429. The van der Waals surface area contributed by atoms with E-state index in [1.807, 2.05) is 17.9 Å². The molecule has 4 nitrogen and oxygen atoms in total. The van der Waals surface area contributed by atoms with Crippen LogP contribution in [0.4, 0.5) is 0 Å². The first kappa shape index (κ1) is 13.1. The van der Waals surface area contributed by atoms with Crippen LogP contribution in [0, 0.1) is 0 Å². The minimum absolute atomic E-state index is 0.176. The zero-order valence-corrected chi connectivity index (χ0v) is 11.8. The third-order valence-electron chi connectivity index (χ3n) is 4.77. The molecule has 2 N–H and O–H groups in total. The van der Waals surface area contributed by atoms with Gasteiger partial charge >= 0.3 is 0 Å². The van der Waals surface area contributed by atoms with E-state index in [9.17, 15) is 5.11 Å². The van der Waals surface area contributed by atoms with Gasteiger partial charge in [0.25, 0.3) is 0 Å². The summed E-state index contributed by atoms with van der Waals surface area (Å²) in [5.41, 5.74) is 2.72. The lowest BCUT2D eigenvalue weighted by Gasteiger charge is -2.30. The highest BCUT2D eigenvalue weighted by Crippen LogP contribution is 2.31. The van der Waals surface area contributed by atoms with Gasteiger partial charge in [-0.1, -0.05) is 19.3 Å². The van der Waals surface area contributed by atoms with Crippen molar-refractivity contribution in [3.8, 4) is 0 Å². The third kappa shape index (κ3) is 2.70. The Labute approximate surface area is 115 Å². The molecular weight excluding hydrogens is 238 g/mol. The molecule has 19 heavy (non-hydrogen) atoms. The third-order valence-corrected chi connectivity index (χ3v) is 4.77. The molecule has 1 aromatic rings. The van der Waals surface area contributed by atoms with Gasteiger partial charge in [-0.25, -0.2) is 0 Å². The number of aryl methyl sites for hydroxylation is 1. The smallest absolute Gasteiger partial charge is 0.0693 e. The molecule has 0 radical (unpaired) electrons. The lowest BCUT2D eigenvalue weighted by molar-refractivity contribution is 0.112. The quantitative estimate of drug-likeness (QED) is 0.803. The van der Waals surface area contributed by atoms with Crippen molar-refractivity contribution >= 4 is 0 Å². The molecule has 2 aliphatic carbocycles. The van der Waals surface area contributed by atoms with E-state index in [-0.39, 0.29) is 12.1 Å². The standard InChI is InChI=1S/C15H25N3O/c1-18-14-8-5-7-12(11(14)10-16-18)17-13-6-3-2-4-9-15(13)19/h10,12-13,15,17,19H,2-9H2,1H3. The van der Waals surface area contributed by atoms with Crippen molar-refractivity contribution in [3.63, 3.8) is 0 Å². The number of nitrogens with zero attached hydrogens (tertiary/aromatic N) is 2. The molecule has 0 aromatic carbocycles. The number of aliphatic hydroxyl groups is 1. The molecule has 106 valence electrons. The molecule has 0 bridgehead atoms. The van der Waals surface area contributed by atoms with Gasteiger partial charge in [0.1, 0.15) is 0 Å². The Morgan fingerprint density at radius 3 is 2.95 bits per heavy atom. The molecule has 1 aromatic heterocycles. The molecule has 3 unspecified atom stereocenters. The maximum atomic E-state index is 10.2. The average molecular weight is 263 g/mol. The summed E-state index contributed by atoms with van der Waals surface area (Å²) in [6, 6.07) is 0.647. The van der Waals surface area contributed by atoms with Crippen LogP contribution in [0.1, 0.15) is 62.2 Å². The maximum Gasteiger partial charge on any atom is 0.0693 e. The van der Waals surface area contributed by atoms with Crippen molar-refractivity contribution in [2.45, 2.75) is 69.6 Å². The van der Waals surface area contributed by atoms with Gasteiger partial charge in [0.2, 0.25) is 0 Å². The number of hydrogen-bond donors (Lipinski definition) is 2. The number of nitrogens with one attached hydrogen (secondary N) is 1. The molecule has 3 atom stereocenters. The lowest BCUT2D eigenvalue weighted by atomic mass is 9.91. The van der Waals surface area contributed by atoms with E-state index in [1.165, 1.54) is 43.4 Å². The molecule has 0 saturated heterocycles. The molecule has 0 spiro atoms. The Balaban J connectivity index is 1.73. The fourth-order valence-electron chi connectivity index (χ4n) is 3.62. The Morgan fingerprint density at radius 1 is 1.21 bits per heavy atom. The first-order chi connectivity index (χ1) is 9.25. The Hall–Kier alpha value is -0.870. The van der Waals surface area contributed by atoms with Crippen molar-refractivity contribution in [2.24, 2.45) is 7.05 Å². The lowest BCUT2D eigenvalue weighted by Crippen LogP contribution is -2.42. The highest BCUT2D eigenvalue weighted by Gasteiger charge is 2.28. The summed E-state index contributed by atoms with van der Waals surface area (Å²) < 4.78 is 2.01. The largest absolute Gasteiger partial charge is 0.392 e. The number of aromatic nitrogens is 2. The SMILES string of the molecule is Cn1ncc2c1CCCC2NC1CCCCCC1O. The molecule has 3 rings (SSSR count). The highest BCUT2D eigenvalue weighted by molar-refractivity contribution is 5.24. The first-order valence-corrected chi connectivity index (χ1v) is 7.70. The topological polar surface area (TPSA) is 50.1 Å². The van der Waals surface area contributed by atoms with Crippen LogP contribution in [0.2, 0.25) is 0 Å². The summed E-state index contributed by atoms with van der Waals surface area (Å²) in [7, 11) is 2.03. The number of aliphatic hydroxyl groups excluding tert-OH is 1. The second kappa shape index (κ2) is 5.63. The van der Waals surface area contributed by atoms with Crippen LogP contribution >= 0.6 is 0 Å². The Kier molecular flexibility index (Phi) is 3.89. The van der Waals surface area contributed by atoms with Gasteiger partial charge in [-0.05, 0) is 32.1 Å². The van der Waals surface area contributed by atoms with Gasteiger partial charge in [0, 0.05) is 30.4 Å². The zero-order chi connectivity index (χ0) is 13.2. The van der Waals surface area contributed by atoms with Gasteiger partial charge in [-0.3, -0.25) is 4.68 Å². The molecule has 2 aliphatic rings. The van der Waals surface area contributed by atoms with E-state index >= 15 is 0 Å². The predicted molar refractivity (Wildman–Crippen MR) is 74.9 cm³/mol. The number of fused-ring (bicyclic) bond motifs is 1. The summed E-state index contributed by atoms with van der Waals surface area (Å²) in [5.74, 6) is 0. The fraction of sp³-hybridized carbons (Fsp3) is 0.800. The molecule has 0 aliphatic heterocycles. The van der Waals surface area contributed by atoms with Gasteiger partial charge in [0.05, 0.1) is 12.3 Å². The van der Waals surface area contributed by atoms with E-state index in [1.54, 1.807) is 0 Å². The van der Waals surface area contributed by atoms with Crippen LogP contribution in [0.25, 0.3) is 0 Å². The summed E-state index contributed by atoms with van der Waals surface area (Å²) in [4.78, 5) is 0. The fourth-order valence-corrected chi connectivity index (χ4v) is 3.62. The maximum absolute atomic E-state index is 10.2. The minimum Gasteiger partial charge on any atom is -0.392 e. The van der Waals surface area contributed by atoms with Crippen LogP contribution in [-0.4, -0.2) is 27.0 Å².